The molecule has 5 heteroatoms. The summed E-state index contributed by atoms with van der Waals surface area (Å²) in [6.07, 6.45) is 0. The van der Waals surface area contributed by atoms with E-state index < -0.39 is 0 Å². The van der Waals surface area contributed by atoms with E-state index in [0.29, 0.717) is 0 Å². The van der Waals surface area contributed by atoms with Crippen LogP contribution in [0.5, 0.6) is 0 Å². The summed E-state index contributed by atoms with van der Waals surface area (Å²) < 4.78 is 0. The van der Waals surface area contributed by atoms with Crippen molar-refractivity contribution in [2.75, 3.05) is 0 Å². The second-order valence-electron chi connectivity index (χ2n) is 0. The minimum atomic E-state index is 0. The van der Waals surface area contributed by atoms with Gasteiger partial charge in [0.2, 0.25) is 0 Å². The van der Waals surface area contributed by atoms with Crippen molar-refractivity contribution in [3.63, 3.8) is 0 Å². The van der Waals surface area contributed by atoms with Crippen LogP contribution >= 0.6 is 0 Å². The van der Waals surface area contributed by atoms with Crippen molar-refractivity contribution in [3.05, 3.63) is 0 Å². The van der Waals surface area contributed by atoms with Crippen molar-refractivity contribution in [1.29, 1.82) is 0 Å². The van der Waals surface area contributed by atoms with Crippen LogP contribution in [0.4, 0.5) is 0 Å². The molecule has 0 aliphatic rings. The normalized spacial score (nSPS) is 0. The summed E-state index contributed by atoms with van der Waals surface area (Å²) >= 11 is 0. The van der Waals surface area contributed by atoms with Crippen LogP contribution in [0, 0.1) is 0 Å². The summed E-state index contributed by atoms with van der Waals surface area (Å²) in [4.78, 5) is 0. The maximum atomic E-state index is 0. The van der Waals surface area contributed by atoms with E-state index in [9.17, 15) is 0 Å². The third-order valence-corrected chi connectivity index (χ3v) is 0. The van der Waals surface area contributed by atoms with Crippen molar-refractivity contribution in [3.8, 4) is 0 Å². The maximum absolute atomic E-state index is 0. The predicted octanol–water partition coefficient (Wildman–Crippen LogP) is -10.0. The fourth-order valence-corrected chi connectivity index (χ4v) is 0. The summed E-state index contributed by atoms with van der Waals surface area (Å²) in [6, 6.07) is 0. The average molecular weight is 218 g/mol. The van der Waals surface area contributed by atoms with E-state index in [4.69, 9.17) is 0 Å². The van der Waals surface area contributed by atoms with Crippen LogP contribution < -0.4 is 14.1 Å². The Bertz CT molecular complexity index is 6.85. The molecule has 0 aromatic heterocycles. The average Bonchev–Trinajstić information content (AvgIpc) is 0. The second kappa shape index (κ2) is 32.7. The quantitative estimate of drug-likeness (QED) is 0.354. The minimum absolute atomic E-state index is 0. The molecular formula is HAlCsF3. The molecule has 0 spiro atoms. The number of rotatable bonds is 0. The van der Waals surface area contributed by atoms with Crippen molar-refractivity contribution < 1.29 is 14.1 Å². The van der Waals surface area contributed by atoms with Crippen LogP contribution in [-0.2, 0) is 0 Å². The Morgan fingerprint density at radius 1 is 0.600 bits per heavy atom. The molecule has 5 heavy (non-hydrogen) atoms. The van der Waals surface area contributed by atoms with Crippen LogP contribution in [0.15, 0.2) is 0 Å². The first kappa shape index (κ1) is 53.1. The van der Waals surface area contributed by atoms with Gasteiger partial charge in [-0.25, -0.2) is 0 Å². The molecule has 0 heterocycles. The van der Waals surface area contributed by atoms with Crippen molar-refractivity contribution in [1.82, 2.24) is 0 Å². The van der Waals surface area contributed by atoms with Gasteiger partial charge in [0.25, 0.3) is 0 Å². The molecule has 0 N–H and O–H groups in total. The van der Waals surface area contributed by atoms with E-state index in [0.717, 1.165) is 0 Å². The first-order valence-electron chi connectivity index (χ1n) is 0. The van der Waals surface area contributed by atoms with E-state index in [-0.39, 0.29) is 100 Å². The summed E-state index contributed by atoms with van der Waals surface area (Å²) in [6.45, 7) is 0. The van der Waals surface area contributed by atoms with Gasteiger partial charge in [-0.1, -0.05) is 0 Å². The van der Waals surface area contributed by atoms with Crippen LogP contribution in [-0.4, -0.2) is 86.3 Å². The van der Waals surface area contributed by atoms with Gasteiger partial charge in [-0.2, -0.15) is 0 Å². The van der Waals surface area contributed by atoms with E-state index in [2.05, 4.69) is 0 Å². The first-order valence-corrected chi connectivity index (χ1v) is 0. The summed E-state index contributed by atoms with van der Waals surface area (Å²) in [5, 5.41) is 0. The molecule has 0 amide bonds. The molecular weight excluding hydrogens is 217 g/mol. The molecule has 0 radical (unpaired) electrons. The fraction of sp³-hybridized carbons (Fsp3) is 0. The third-order valence-electron chi connectivity index (χ3n) is 0. The molecule has 0 saturated carbocycles. The van der Waals surface area contributed by atoms with Gasteiger partial charge in [-0.15, -0.1) is 0 Å². The molecule has 0 fully saturated rings. The van der Waals surface area contributed by atoms with Gasteiger partial charge in [0, 0.05) is 0 Å². The topological polar surface area (TPSA) is 0 Å². The molecule has 0 aliphatic carbocycles. The largest absolute Gasteiger partial charge is 1.00 e. The molecule has 0 unspecified atom stereocenters. The second-order valence-corrected chi connectivity index (χ2v) is 0. The Labute approximate surface area is 97.7 Å². The molecule has 0 aromatic rings. The first-order chi connectivity index (χ1) is 0. The zero-order valence-electron chi connectivity index (χ0n) is 1.71. The monoisotopic (exact) mass is 218 g/mol. The van der Waals surface area contributed by atoms with Crippen LogP contribution in [0.2, 0.25) is 0 Å². The van der Waals surface area contributed by atoms with Gasteiger partial charge < -0.3 is 14.1 Å². The standard InChI is InChI=1S/Al.Cs.3FH.H/h;;3*1H;/q+3;;;;;/p-3. The Morgan fingerprint density at radius 3 is 0.600 bits per heavy atom. The molecule has 0 aromatic carbocycles. The van der Waals surface area contributed by atoms with Gasteiger partial charge in [0.1, 0.15) is 0 Å². The predicted molar refractivity (Wildman–Crippen MR) is 12.9 cm³/mol. The van der Waals surface area contributed by atoms with Gasteiger partial charge in [-0.05, 0) is 0 Å². The zero-order chi connectivity index (χ0) is 0. The van der Waals surface area contributed by atoms with Crippen molar-refractivity contribution in [2.45, 2.75) is 0 Å². The van der Waals surface area contributed by atoms with Crippen molar-refractivity contribution in [2.24, 2.45) is 0 Å². The molecule has 0 bridgehead atoms. The molecule has 0 aliphatic heterocycles. The minimum Gasteiger partial charge on any atom is -1.00 e. The Kier molecular flexibility index (Phi) is 347. The van der Waals surface area contributed by atoms with Gasteiger partial charge >= 0.3 is 86.3 Å². The number of hydrogen-bond donors (Lipinski definition) is 0. The van der Waals surface area contributed by atoms with Gasteiger partial charge in [0.15, 0.2) is 0 Å². The summed E-state index contributed by atoms with van der Waals surface area (Å²) in [5.74, 6) is 0. The van der Waals surface area contributed by atoms with Crippen LogP contribution in [0.1, 0.15) is 0 Å². The van der Waals surface area contributed by atoms with E-state index >= 15 is 0 Å². The Hall–Kier alpha value is 2.37. The van der Waals surface area contributed by atoms with Crippen molar-refractivity contribution >= 4 is 86.3 Å². The SMILES string of the molecule is [Al+3].[CsH].[F-].[F-].[F-]. The van der Waals surface area contributed by atoms with E-state index in [1.54, 1.807) is 0 Å². The molecule has 26 valence electrons. The third kappa shape index (κ3) is 21.6. The van der Waals surface area contributed by atoms with E-state index in [1.165, 1.54) is 0 Å². The fourth-order valence-electron chi connectivity index (χ4n) is 0. The van der Waals surface area contributed by atoms with Crippen LogP contribution in [0.25, 0.3) is 0 Å². The summed E-state index contributed by atoms with van der Waals surface area (Å²) in [7, 11) is 0. The molecule has 0 rings (SSSR count). The maximum Gasteiger partial charge on any atom is -1.00 e. The van der Waals surface area contributed by atoms with E-state index in [1.807, 2.05) is 0 Å². The van der Waals surface area contributed by atoms with Gasteiger partial charge in [-0.3, -0.25) is 0 Å². The van der Waals surface area contributed by atoms with Crippen LogP contribution in [0.3, 0.4) is 0 Å². The number of halogens is 3. The molecule has 0 nitrogen and oxygen atoms in total. The number of hydrogen-bond acceptors (Lipinski definition) is 0. The summed E-state index contributed by atoms with van der Waals surface area (Å²) in [5.41, 5.74) is 0. The molecule has 0 saturated heterocycles. The zero-order valence-corrected chi connectivity index (χ0v) is 2.87. The van der Waals surface area contributed by atoms with Gasteiger partial charge in [0.05, 0.1) is 0 Å². The Morgan fingerprint density at radius 2 is 0.600 bits per heavy atom. The molecule has 0 atom stereocenters. The Balaban J connectivity index is 0. The smallest absolute Gasteiger partial charge is 1.00 e.